The van der Waals surface area contributed by atoms with Gasteiger partial charge in [-0.15, -0.1) is 0 Å². The van der Waals surface area contributed by atoms with Crippen molar-refractivity contribution in [3.63, 3.8) is 0 Å². The van der Waals surface area contributed by atoms with E-state index in [1.165, 1.54) is 0 Å². The van der Waals surface area contributed by atoms with Gasteiger partial charge in [-0.3, -0.25) is 9.59 Å². The van der Waals surface area contributed by atoms with E-state index < -0.39 is 22.1 Å². The van der Waals surface area contributed by atoms with Gasteiger partial charge >= 0.3 is 22.1 Å². The van der Waals surface area contributed by atoms with Crippen LogP contribution in [0.15, 0.2) is 0 Å². The highest BCUT2D eigenvalue weighted by atomic mass is 32.2. The van der Waals surface area contributed by atoms with Gasteiger partial charge < -0.3 is 9.29 Å². The summed E-state index contributed by atoms with van der Waals surface area (Å²) in [6, 6.07) is 0. The predicted octanol–water partition coefficient (Wildman–Crippen LogP) is 0.524. The molecule has 0 fully saturated rings. The Hall–Kier alpha value is -1.11. The summed E-state index contributed by atoms with van der Waals surface area (Å²) in [5.41, 5.74) is 0. The van der Waals surface area contributed by atoms with E-state index in [1.54, 1.807) is 0 Å². The molecule has 0 spiro atoms. The highest BCUT2D eigenvalue weighted by Gasteiger charge is 2.10. The van der Waals surface area contributed by atoms with Crippen LogP contribution < -0.4 is 0 Å². The van der Waals surface area contributed by atoms with E-state index in [0.717, 1.165) is 6.26 Å². The van der Waals surface area contributed by atoms with Gasteiger partial charge in [0.25, 0.3) is 0 Å². The van der Waals surface area contributed by atoms with Crippen molar-refractivity contribution in [2.45, 2.75) is 32.1 Å². The Balaban J connectivity index is 3.52. The lowest BCUT2D eigenvalue weighted by Gasteiger charge is -2.00. The average molecular weight is 238 g/mol. The molecule has 6 nitrogen and oxygen atoms in total. The van der Waals surface area contributed by atoms with Crippen molar-refractivity contribution in [3.05, 3.63) is 0 Å². The Morgan fingerprint density at radius 3 is 2.13 bits per heavy atom. The van der Waals surface area contributed by atoms with Gasteiger partial charge in [-0.1, -0.05) is 6.42 Å². The van der Waals surface area contributed by atoms with Gasteiger partial charge in [0.05, 0.1) is 6.26 Å². The summed E-state index contributed by atoms with van der Waals surface area (Å²) in [6.45, 7) is 0. The second-order valence-corrected chi connectivity index (χ2v) is 4.69. The summed E-state index contributed by atoms with van der Waals surface area (Å²) in [5.74, 6) is -1.68. The minimum atomic E-state index is -3.72. The lowest BCUT2D eigenvalue weighted by molar-refractivity contribution is -0.137. The molecule has 1 N–H and O–H groups in total. The van der Waals surface area contributed by atoms with Gasteiger partial charge in [-0.2, -0.15) is 8.42 Å². The molecule has 15 heavy (non-hydrogen) atoms. The van der Waals surface area contributed by atoms with Gasteiger partial charge in [-0.25, -0.2) is 0 Å². The van der Waals surface area contributed by atoms with Crippen molar-refractivity contribution in [2.24, 2.45) is 0 Å². The molecule has 0 aliphatic heterocycles. The lowest BCUT2D eigenvalue weighted by atomic mass is 10.1. The van der Waals surface area contributed by atoms with Crippen molar-refractivity contribution in [2.75, 3.05) is 6.26 Å². The molecule has 0 aromatic rings. The number of carbonyl (C=O) groups is 2. The Labute approximate surface area is 88.4 Å². The van der Waals surface area contributed by atoms with Crippen molar-refractivity contribution in [1.82, 2.24) is 0 Å². The molecule has 0 saturated carbocycles. The Bertz CT molecular complexity index is 318. The summed E-state index contributed by atoms with van der Waals surface area (Å²) in [6.07, 6.45) is 2.32. The molecular formula is C8H14O6S. The number of carboxylic acids is 1. The Kier molecular flexibility index (Phi) is 5.92. The molecule has 0 atom stereocenters. The molecule has 0 unspecified atom stereocenters. The molecule has 0 amide bonds. The number of hydrogen-bond donors (Lipinski definition) is 1. The summed E-state index contributed by atoms with van der Waals surface area (Å²) in [5, 5.41) is 8.30. The van der Waals surface area contributed by atoms with E-state index >= 15 is 0 Å². The van der Waals surface area contributed by atoms with Crippen LogP contribution in [0, 0.1) is 0 Å². The number of rotatable bonds is 7. The van der Waals surface area contributed by atoms with Crippen LogP contribution in [0.5, 0.6) is 0 Å². The molecule has 0 aromatic heterocycles. The monoisotopic (exact) mass is 238 g/mol. The first-order valence-electron chi connectivity index (χ1n) is 4.45. The molecule has 0 radical (unpaired) electrons. The van der Waals surface area contributed by atoms with Gasteiger partial charge in [0, 0.05) is 12.8 Å². The van der Waals surface area contributed by atoms with E-state index in [-0.39, 0.29) is 12.8 Å². The first-order chi connectivity index (χ1) is 6.81. The van der Waals surface area contributed by atoms with Crippen LogP contribution in [-0.4, -0.2) is 31.7 Å². The molecule has 0 aliphatic rings. The minimum absolute atomic E-state index is 0.00725. The summed E-state index contributed by atoms with van der Waals surface area (Å²) >= 11 is 0. The van der Waals surface area contributed by atoms with Gasteiger partial charge in [0.15, 0.2) is 0 Å². The molecule has 0 aliphatic carbocycles. The van der Waals surface area contributed by atoms with Crippen LogP contribution in [0.3, 0.4) is 0 Å². The summed E-state index contributed by atoms with van der Waals surface area (Å²) < 4.78 is 25.1. The smallest absolute Gasteiger partial charge is 0.322 e. The second-order valence-electron chi connectivity index (χ2n) is 3.11. The zero-order chi connectivity index (χ0) is 11.9. The van der Waals surface area contributed by atoms with E-state index in [9.17, 15) is 18.0 Å². The maximum atomic E-state index is 10.8. The maximum absolute atomic E-state index is 10.8. The fourth-order valence-electron chi connectivity index (χ4n) is 0.933. The van der Waals surface area contributed by atoms with Crippen LogP contribution in [0.1, 0.15) is 32.1 Å². The third kappa shape index (κ3) is 10.8. The number of hydrogen-bond acceptors (Lipinski definition) is 5. The van der Waals surface area contributed by atoms with Crippen molar-refractivity contribution in [3.8, 4) is 0 Å². The first-order valence-corrected chi connectivity index (χ1v) is 6.27. The molecule has 0 aromatic carbocycles. The van der Waals surface area contributed by atoms with Crippen LogP contribution >= 0.6 is 0 Å². The van der Waals surface area contributed by atoms with Crippen LogP contribution in [0.4, 0.5) is 0 Å². The number of carboxylic acid groups (broad SMARTS) is 1. The summed E-state index contributed by atoms with van der Waals surface area (Å²) in [4.78, 5) is 21.0. The molecule has 7 heteroatoms. The van der Waals surface area contributed by atoms with Crippen molar-refractivity contribution >= 4 is 22.1 Å². The maximum Gasteiger partial charge on any atom is 0.322 e. The molecule has 88 valence electrons. The predicted molar refractivity (Wildman–Crippen MR) is 51.7 cm³/mol. The fourth-order valence-corrected chi connectivity index (χ4v) is 1.35. The van der Waals surface area contributed by atoms with E-state index in [2.05, 4.69) is 4.18 Å². The third-order valence-corrected chi connectivity index (χ3v) is 2.00. The minimum Gasteiger partial charge on any atom is -0.481 e. The van der Waals surface area contributed by atoms with E-state index in [4.69, 9.17) is 5.11 Å². The standard InChI is InChI=1S/C8H14O6S/c1-15(12,13)14-8(11)6-4-2-3-5-7(9)10/h2-6H2,1H3,(H,9,10). The second kappa shape index (κ2) is 6.39. The average Bonchev–Trinajstić information content (AvgIpc) is 1.99. The number of unbranched alkanes of at least 4 members (excludes halogenated alkanes) is 2. The highest BCUT2D eigenvalue weighted by molar-refractivity contribution is 7.86. The zero-order valence-electron chi connectivity index (χ0n) is 8.43. The first kappa shape index (κ1) is 13.9. The Morgan fingerprint density at radius 1 is 1.13 bits per heavy atom. The molecular weight excluding hydrogens is 224 g/mol. The SMILES string of the molecule is CS(=O)(=O)OC(=O)CCCCCC(=O)O. The van der Waals surface area contributed by atoms with Gasteiger partial charge in [-0.05, 0) is 12.8 Å². The quantitative estimate of drug-likeness (QED) is 0.513. The number of carbonyl (C=O) groups excluding carboxylic acids is 1. The van der Waals surface area contributed by atoms with Gasteiger partial charge in [0.2, 0.25) is 0 Å². The Morgan fingerprint density at radius 2 is 1.67 bits per heavy atom. The van der Waals surface area contributed by atoms with Gasteiger partial charge in [0.1, 0.15) is 0 Å². The van der Waals surface area contributed by atoms with Crippen LogP contribution in [0.2, 0.25) is 0 Å². The normalized spacial score (nSPS) is 11.0. The number of aliphatic carboxylic acids is 1. The molecule has 0 bridgehead atoms. The third-order valence-electron chi connectivity index (χ3n) is 1.52. The molecule has 0 saturated heterocycles. The van der Waals surface area contributed by atoms with Crippen molar-refractivity contribution in [1.29, 1.82) is 0 Å². The van der Waals surface area contributed by atoms with Crippen molar-refractivity contribution < 1.29 is 27.3 Å². The molecule has 0 rings (SSSR count). The van der Waals surface area contributed by atoms with Crippen LogP contribution in [-0.2, 0) is 23.9 Å². The largest absolute Gasteiger partial charge is 0.481 e. The topological polar surface area (TPSA) is 97.7 Å². The van der Waals surface area contributed by atoms with E-state index in [1.807, 2.05) is 0 Å². The van der Waals surface area contributed by atoms with E-state index in [0.29, 0.717) is 19.3 Å². The lowest BCUT2D eigenvalue weighted by Crippen LogP contribution is -2.10. The zero-order valence-corrected chi connectivity index (χ0v) is 9.25. The summed E-state index contributed by atoms with van der Waals surface area (Å²) in [7, 11) is -3.72. The molecule has 0 heterocycles. The van der Waals surface area contributed by atoms with Crippen LogP contribution in [0.25, 0.3) is 0 Å². The fraction of sp³-hybridized carbons (Fsp3) is 0.750. The highest BCUT2D eigenvalue weighted by Crippen LogP contribution is 2.05.